The Balaban J connectivity index is 1.39. The lowest BCUT2D eigenvalue weighted by Gasteiger charge is -2.26. The second-order valence-electron chi connectivity index (χ2n) is 8.61. The number of carbonyl (C=O) groups excluding carboxylic acids is 4. The molecule has 1 saturated heterocycles. The van der Waals surface area contributed by atoms with E-state index in [1.165, 1.54) is 4.90 Å². The number of hydrogen-bond donors (Lipinski definition) is 3. The molecule has 0 spiro atoms. The minimum Gasteiger partial charge on any atom is -0.346 e. The second kappa shape index (κ2) is 8.55. The fraction of sp³-hybridized carbons (Fsp3) is 0.333. The molecule has 0 unspecified atom stereocenters. The Labute approximate surface area is 186 Å². The van der Waals surface area contributed by atoms with Gasteiger partial charge in [-0.1, -0.05) is 48.5 Å². The van der Waals surface area contributed by atoms with Gasteiger partial charge in [-0.15, -0.1) is 0 Å². The van der Waals surface area contributed by atoms with Crippen molar-refractivity contribution < 1.29 is 19.2 Å². The van der Waals surface area contributed by atoms with Gasteiger partial charge in [-0.05, 0) is 25.0 Å². The van der Waals surface area contributed by atoms with Crippen LogP contribution in [0.5, 0.6) is 0 Å². The predicted octanol–water partition coefficient (Wildman–Crippen LogP) is 0.516. The van der Waals surface area contributed by atoms with Gasteiger partial charge in [0.1, 0.15) is 0 Å². The van der Waals surface area contributed by atoms with E-state index in [0.29, 0.717) is 17.5 Å². The first kappa shape index (κ1) is 21.7. The van der Waals surface area contributed by atoms with E-state index in [-0.39, 0.29) is 37.2 Å². The van der Waals surface area contributed by atoms with E-state index in [4.69, 9.17) is 5.73 Å². The molecule has 4 N–H and O–H groups in total. The highest BCUT2D eigenvalue weighted by Gasteiger charge is 2.52. The molecule has 166 valence electrons. The smallest absolute Gasteiger partial charge is 0.252 e. The van der Waals surface area contributed by atoms with E-state index in [1.54, 1.807) is 31.2 Å². The zero-order valence-corrected chi connectivity index (χ0v) is 17.8. The van der Waals surface area contributed by atoms with E-state index in [0.717, 1.165) is 5.56 Å². The van der Waals surface area contributed by atoms with Crippen molar-refractivity contribution in [1.82, 2.24) is 15.5 Å². The molecule has 3 amide bonds. The van der Waals surface area contributed by atoms with Crippen LogP contribution in [0.15, 0.2) is 54.6 Å². The average Bonchev–Trinajstić information content (AvgIpc) is 3.11. The molecular weight excluding hydrogens is 408 g/mol. The summed E-state index contributed by atoms with van der Waals surface area (Å²) in [6.07, 6.45) is 0.366. The first-order valence-electron chi connectivity index (χ1n) is 10.6. The number of carbonyl (C=O) groups is 4. The number of nitrogens with zero attached hydrogens (tertiary/aromatic N) is 1. The van der Waals surface area contributed by atoms with Crippen LogP contribution in [0.1, 0.15) is 33.2 Å². The van der Waals surface area contributed by atoms with Crippen LogP contribution in [0.3, 0.4) is 0 Å². The van der Waals surface area contributed by atoms with Crippen LogP contribution < -0.4 is 16.4 Å². The van der Waals surface area contributed by atoms with Crippen molar-refractivity contribution in [3.63, 3.8) is 0 Å². The fourth-order valence-corrected chi connectivity index (χ4v) is 4.41. The van der Waals surface area contributed by atoms with Crippen molar-refractivity contribution in [2.75, 3.05) is 19.6 Å². The lowest BCUT2D eigenvalue weighted by Crippen LogP contribution is -2.47. The molecule has 2 aromatic rings. The van der Waals surface area contributed by atoms with Crippen LogP contribution in [0.2, 0.25) is 0 Å². The summed E-state index contributed by atoms with van der Waals surface area (Å²) in [7, 11) is 0. The monoisotopic (exact) mass is 434 g/mol. The van der Waals surface area contributed by atoms with Gasteiger partial charge in [0.15, 0.2) is 5.78 Å². The summed E-state index contributed by atoms with van der Waals surface area (Å²) < 4.78 is 0. The quantitative estimate of drug-likeness (QED) is 0.633. The van der Waals surface area contributed by atoms with E-state index in [9.17, 15) is 19.2 Å². The van der Waals surface area contributed by atoms with Gasteiger partial charge in [-0.25, -0.2) is 0 Å². The van der Waals surface area contributed by atoms with Crippen LogP contribution in [0, 0.1) is 5.41 Å². The summed E-state index contributed by atoms with van der Waals surface area (Å²) in [4.78, 5) is 52.5. The van der Waals surface area contributed by atoms with Crippen LogP contribution in [-0.4, -0.2) is 60.1 Å². The van der Waals surface area contributed by atoms with Crippen LogP contribution >= 0.6 is 0 Å². The molecule has 0 saturated carbocycles. The molecule has 32 heavy (non-hydrogen) atoms. The Kier molecular flexibility index (Phi) is 5.80. The Bertz CT molecular complexity index is 1070. The molecule has 0 aliphatic carbocycles. The highest BCUT2D eigenvalue weighted by atomic mass is 16.2. The summed E-state index contributed by atoms with van der Waals surface area (Å²) in [5.74, 6) is -1.23. The largest absolute Gasteiger partial charge is 0.346 e. The molecule has 2 aliphatic rings. The molecule has 4 rings (SSSR count). The number of likely N-dealkylation sites (tertiary alicyclic amines) is 1. The Morgan fingerprint density at radius 1 is 1.12 bits per heavy atom. The number of benzene rings is 2. The topological polar surface area (TPSA) is 122 Å². The van der Waals surface area contributed by atoms with E-state index < -0.39 is 23.4 Å². The number of nitrogens with two attached hydrogens (primary N) is 1. The average molecular weight is 434 g/mol. The Morgan fingerprint density at radius 3 is 2.50 bits per heavy atom. The number of fused-ring (bicyclic) bond motifs is 2. The third-order valence-electron chi connectivity index (χ3n) is 6.33. The van der Waals surface area contributed by atoms with Gasteiger partial charge in [0.25, 0.3) is 5.91 Å². The fourth-order valence-electron chi connectivity index (χ4n) is 4.41. The summed E-state index contributed by atoms with van der Waals surface area (Å²) in [6, 6.07) is 14.8. The second-order valence-corrected chi connectivity index (χ2v) is 8.61. The minimum atomic E-state index is -0.939. The Hall–Kier alpha value is -3.52. The van der Waals surface area contributed by atoms with Gasteiger partial charge in [-0.3, -0.25) is 19.2 Å². The van der Waals surface area contributed by atoms with Gasteiger partial charge >= 0.3 is 0 Å². The molecule has 8 heteroatoms. The Morgan fingerprint density at radius 2 is 1.78 bits per heavy atom. The zero-order chi connectivity index (χ0) is 22.9. The summed E-state index contributed by atoms with van der Waals surface area (Å²) in [5.41, 5.74) is 6.69. The van der Waals surface area contributed by atoms with Crippen molar-refractivity contribution in [2.24, 2.45) is 11.1 Å². The van der Waals surface area contributed by atoms with Crippen LogP contribution in [0.4, 0.5) is 0 Å². The van der Waals surface area contributed by atoms with E-state index in [2.05, 4.69) is 10.6 Å². The number of ketones is 1. The summed E-state index contributed by atoms with van der Waals surface area (Å²) in [6.45, 7) is 1.91. The van der Waals surface area contributed by atoms with Gasteiger partial charge in [0.2, 0.25) is 11.8 Å². The van der Waals surface area contributed by atoms with Crippen molar-refractivity contribution in [3.8, 4) is 0 Å². The maximum atomic E-state index is 13.3. The van der Waals surface area contributed by atoms with E-state index >= 15 is 0 Å². The predicted molar refractivity (Wildman–Crippen MR) is 118 cm³/mol. The van der Waals surface area contributed by atoms with Gasteiger partial charge in [0.05, 0.1) is 29.6 Å². The first-order chi connectivity index (χ1) is 15.3. The number of amides is 3. The van der Waals surface area contributed by atoms with Gasteiger partial charge < -0.3 is 21.3 Å². The zero-order valence-electron chi connectivity index (χ0n) is 17.8. The maximum absolute atomic E-state index is 13.3. The number of rotatable bonds is 5. The number of nitrogens with one attached hydrogen (secondary N) is 2. The highest BCUT2D eigenvalue weighted by molar-refractivity contribution is 6.12. The van der Waals surface area contributed by atoms with Gasteiger partial charge in [-0.2, -0.15) is 0 Å². The lowest BCUT2D eigenvalue weighted by atomic mass is 9.78. The summed E-state index contributed by atoms with van der Waals surface area (Å²) >= 11 is 0. The molecule has 2 aliphatic heterocycles. The molecule has 1 fully saturated rings. The maximum Gasteiger partial charge on any atom is 0.252 e. The third kappa shape index (κ3) is 4.01. The van der Waals surface area contributed by atoms with Crippen molar-refractivity contribution in [1.29, 1.82) is 0 Å². The molecule has 0 aromatic heterocycles. The van der Waals surface area contributed by atoms with Crippen LogP contribution in [-0.2, 0) is 16.0 Å². The van der Waals surface area contributed by atoms with Gasteiger partial charge in [0, 0.05) is 18.7 Å². The molecule has 0 bridgehead atoms. The normalized spacial score (nSPS) is 22.9. The first-order valence-corrected chi connectivity index (χ1v) is 10.6. The SMILES string of the molecule is C[C@]12CN(C(=O)CNC(=O)[C@@H](N)Cc3ccccc3)C[C@H]1NC(=O)c1ccccc1C2=O. The van der Waals surface area contributed by atoms with E-state index in [1.807, 2.05) is 30.3 Å². The standard InChI is InChI=1S/C24H26N4O4/c1-24-14-28(13-19(24)27-22(31)17-10-6-5-9-16(17)21(24)30)20(29)12-26-23(32)18(25)11-15-7-3-2-4-8-15/h2-10,18-19H,11-14,25H2,1H3,(H,26,32)(H,27,31)/t18-,19+,24-/m0/s1. The summed E-state index contributed by atoms with van der Waals surface area (Å²) in [5, 5.41) is 5.50. The molecule has 8 nitrogen and oxygen atoms in total. The highest BCUT2D eigenvalue weighted by Crippen LogP contribution is 2.37. The molecular formula is C24H26N4O4. The van der Waals surface area contributed by atoms with Crippen molar-refractivity contribution in [2.45, 2.75) is 25.4 Å². The van der Waals surface area contributed by atoms with Crippen molar-refractivity contribution in [3.05, 3.63) is 71.3 Å². The molecule has 0 radical (unpaired) electrons. The number of hydrogen-bond acceptors (Lipinski definition) is 5. The lowest BCUT2D eigenvalue weighted by molar-refractivity contribution is -0.132. The van der Waals surface area contributed by atoms with Crippen molar-refractivity contribution >= 4 is 23.5 Å². The molecule has 2 heterocycles. The molecule has 3 atom stereocenters. The third-order valence-corrected chi connectivity index (χ3v) is 6.33. The minimum absolute atomic E-state index is 0.163. The number of Topliss-reactive ketones (excluding diaryl/α,β-unsaturated/α-hetero) is 1. The molecule has 2 aromatic carbocycles. The van der Waals surface area contributed by atoms with Crippen LogP contribution in [0.25, 0.3) is 0 Å².